The maximum atomic E-state index is 10.8. The quantitative estimate of drug-likeness (QED) is 0.429. The van der Waals surface area contributed by atoms with Gasteiger partial charge < -0.3 is 5.43 Å². The molecule has 6 heteroatoms. The van der Waals surface area contributed by atoms with Crippen molar-refractivity contribution < 1.29 is 4.92 Å². The molecule has 0 saturated heterocycles. The van der Waals surface area contributed by atoms with Crippen LogP contribution in [0.15, 0.2) is 18.2 Å². The maximum Gasteiger partial charge on any atom is 0.293 e. The van der Waals surface area contributed by atoms with Gasteiger partial charge in [0.1, 0.15) is 5.69 Å². The Hall–Kier alpha value is -1.66. The molecule has 0 bridgehead atoms. The van der Waals surface area contributed by atoms with Gasteiger partial charge in [-0.3, -0.25) is 20.9 Å². The first-order chi connectivity index (χ1) is 9.12. The van der Waals surface area contributed by atoms with E-state index in [1.807, 2.05) is 0 Å². The van der Waals surface area contributed by atoms with Crippen molar-refractivity contribution in [1.82, 2.24) is 4.90 Å². The van der Waals surface area contributed by atoms with Crippen molar-refractivity contribution in [3.8, 4) is 0 Å². The van der Waals surface area contributed by atoms with Crippen molar-refractivity contribution in [3.63, 3.8) is 0 Å². The van der Waals surface area contributed by atoms with Crippen LogP contribution in [0.25, 0.3) is 0 Å². The van der Waals surface area contributed by atoms with E-state index in [2.05, 4.69) is 24.2 Å². The predicted molar refractivity (Wildman–Crippen MR) is 76.8 cm³/mol. The molecule has 106 valence electrons. The SMILES string of the molecule is CCCN(CCC)Cc1ccc([N+](=O)[O-])c(NN)c1. The van der Waals surface area contributed by atoms with Gasteiger partial charge in [-0.25, -0.2) is 0 Å². The van der Waals surface area contributed by atoms with Crippen molar-refractivity contribution in [1.29, 1.82) is 0 Å². The minimum Gasteiger partial charge on any atom is -0.318 e. The Labute approximate surface area is 113 Å². The van der Waals surface area contributed by atoms with Crippen LogP contribution >= 0.6 is 0 Å². The zero-order valence-corrected chi connectivity index (χ0v) is 11.6. The monoisotopic (exact) mass is 266 g/mol. The zero-order chi connectivity index (χ0) is 14.3. The Morgan fingerprint density at radius 1 is 1.32 bits per heavy atom. The number of nitro benzene ring substituents is 1. The minimum atomic E-state index is -0.436. The highest BCUT2D eigenvalue weighted by molar-refractivity contribution is 5.62. The second-order valence-corrected chi connectivity index (χ2v) is 4.53. The second kappa shape index (κ2) is 7.70. The lowest BCUT2D eigenvalue weighted by Gasteiger charge is -2.21. The molecule has 1 aromatic rings. The number of hydrazine groups is 1. The number of nitrogens with zero attached hydrogens (tertiary/aromatic N) is 2. The van der Waals surface area contributed by atoms with Gasteiger partial charge in [0.2, 0.25) is 0 Å². The molecule has 6 nitrogen and oxygen atoms in total. The molecule has 0 aliphatic carbocycles. The lowest BCUT2D eigenvalue weighted by atomic mass is 10.1. The minimum absolute atomic E-state index is 0.00350. The molecule has 0 amide bonds. The van der Waals surface area contributed by atoms with Crippen molar-refractivity contribution in [2.45, 2.75) is 33.2 Å². The van der Waals surface area contributed by atoms with Gasteiger partial charge in [-0.1, -0.05) is 19.9 Å². The van der Waals surface area contributed by atoms with E-state index in [0.29, 0.717) is 5.69 Å². The normalized spacial score (nSPS) is 10.7. The van der Waals surface area contributed by atoms with Gasteiger partial charge in [-0.15, -0.1) is 0 Å². The van der Waals surface area contributed by atoms with Gasteiger partial charge in [-0.2, -0.15) is 0 Å². The summed E-state index contributed by atoms with van der Waals surface area (Å²) in [5.41, 5.74) is 3.78. The molecule has 3 N–H and O–H groups in total. The van der Waals surface area contributed by atoms with Crippen molar-refractivity contribution in [3.05, 3.63) is 33.9 Å². The van der Waals surface area contributed by atoms with Crippen LogP contribution in [0, 0.1) is 10.1 Å². The van der Waals surface area contributed by atoms with E-state index in [9.17, 15) is 10.1 Å². The molecule has 0 atom stereocenters. The standard InChI is InChI=1S/C13H22N4O2/c1-3-7-16(8-4-2)10-11-5-6-13(17(18)19)12(9-11)15-14/h5-6,9,15H,3-4,7-8,10,14H2,1-2H3. The molecule has 19 heavy (non-hydrogen) atoms. The number of rotatable bonds is 8. The largest absolute Gasteiger partial charge is 0.318 e. The lowest BCUT2D eigenvalue weighted by molar-refractivity contribution is -0.384. The van der Waals surface area contributed by atoms with E-state index in [1.165, 1.54) is 6.07 Å². The van der Waals surface area contributed by atoms with E-state index < -0.39 is 4.92 Å². The number of nitro groups is 1. The van der Waals surface area contributed by atoms with Gasteiger partial charge in [0.05, 0.1) is 4.92 Å². The first-order valence-electron chi connectivity index (χ1n) is 6.58. The third kappa shape index (κ3) is 4.50. The zero-order valence-electron chi connectivity index (χ0n) is 11.6. The van der Waals surface area contributed by atoms with Crippen LogP contribution in [-0.2, 0) is 6.54 Å². The number of nitrogens with one attached hydrogen (secondary N) is 1. The van der Waals surface area contributed by atoms with Crippen molar-refractivity contribution in [2.24, 2.45) is 5.84 Å². The highest BCUT2D eigenvalue weighted by Gasteiger charge is 2.14. The topological polar surface area (TPSA) is 84.4 Å². The predicted octanol–water partition coefficient (Wildman–Crippen LogP) is 2.50. The number of nitrogens with two attached hydrogens (primary N) is 1. The lowest BCUT2D eigenvalue weighted by Crippen LogP contribution is -2.25. The Morgan fingerprint density at radius 2 is 1.95 bits per heavy atom. The first kappa shape index (κ1) is 15.4. The molecule has 0 radical (unpaired) electrons. The van der Waals surface area contributed by atoms with Crippen LogP contribution in [0.4, 0.5) is 11.4 Å². The van der Waals surface area contributed by atoms with E-state index in [-0.39, 0.29) is 5.69 Å². The molecule has 1 aromatic carbocycles. The summed E-state index contributed by atoms with van der Waals surface area (Å²) in [6.07, 6.45) is 2.18. The number of hydrogen-bond donors (Lipinski definition) is 2. The smallest absolute Gasteiger partial charge is 0.293 e. The van der Waals surface area contributed by atoms with E-state index in [4.69, 9.17) is 5.84 Å². The number of hydrogen-bond acceptors (Lipinski definition) is 5. The fourth-order valence-corrected chi connectivity index (χ4v) is 2.12. The Balaban J connectivity index is 2.86. The van der Waals surface area contributed by atoms with Crippen molar-refractivity contribution in [2.75, 3.05) is 18.5 Å². The molecule has 0 fully saturated rings. The fourth-order valence-electron chi connectivity index (χ4n) is 2.12. The van der Waals surface area contributed by atoms with E-state index >= 15 is 0 Å². The maximum absolute atomic E-state index is 10.8. The van der Waals surface area contributed by atoms with Crippen molar-refractivity contribution >= 4 is 11.4 Å². The summed E-state index contributed by atoms with van der Waals surface area (Å²) in [4.78, 5) is 12.7. The highest BCUT2D eigenvalue weighted by Crippen LogP contribution is 2.25. The summed E-state index contributed by atoms with van der Waals surface area (Å²) in [6.45, 7) is 7.12. The van der Waals surface area contributed by atoms with Crippen LogP contribution in [0.5, 0.6) is 0 Å². The molecule has 0 saturated carbocycles. The van der Waals surface area contributed by atoms with E-state index in [1.54, 1.807) is 12.1 Å². The second-order valence-electron chi connectivity index (χ2n) is 4.53. The average molecular weight is 266 g/mol. The molecule has 0 heterocycles. The number of anilines is 1. The summed E-state index contributed by atoms with van der Waals surface area (Å²) in [7, 11) is 0. The Bertz CT molecular complexity index is 417. The van der Waals surface area contributed by atoms with Gasteiger partial charge in [0.25, 0.3) is 5.69 Å². The van der Waals surface area contributed by atoms with Crippen LogP contribution in [0.3, 0.4) is 0 Å². The molecular weight excluding hydrogens is 244 g/mol. The average Bonchev–Trinajstić information content (AvgIpc) is 2.38. The molecule has 0 aromatic heterocycles. The summed E-state index contributed by atoms with van der Waals surface area (Å²) < 4.78 is 0. The van der Waals surface area contributed by atoms with Crippen LogP contribution in [0.2, 0.25) is 0 Å². The molecule has 0 aliphatic rings. The molecule has 0 aliphatic heterocycles. The third-order valence-electron chi connectivity index (χ3n) is 2.90. The van der Waals surface area contributed by atoms with Crippen LogP contribution in [0.1, 0.15) is 32.3 Å². The Kier molecular flexibility index (Phi) is 6.24. The van der Waals surface area contributed by atoms with Gasteiger partial charge in [0.15, 0.2) is 0 Å². The first-order valence-corrected chi connectivity index (χ1v) is 6.58. The van der Waals surface area contributed by atoms with Gasteiger partial charge >= 0.3 is 0 Å². The third-order valence-corrected chi connectivity index (χ3v) is 2.90. The fraction of sp³-hybridized carbons (Fsp3) is 0.538. The molecular formula is C13H22N4O2. The summed E-state index contributed by atoms with van der Waals surface area (Å²) in [5.74, 6) is 5.34. The summed E-state index contributed by atoms with van der Waals surface area (Å²) >= 11 is 0. The molecule has 1 rings (SSSR count). The van der Waals surface area contributed by atoms with E-state index in [0.717, 1.165) is 38.0 Å². The number of nitrogen functional groups attached to an aromatic ring is 1. The number of benzene rings is 1. The van der Waals surface area contributed by atoms with Crippen LogP contribution < -0.4 is 11.3 Å². The summed E-state index contributed by atoms with van der Waals surface area (Å²) in [6, 6.07) is 5.04. The Morgan fingerprint density at radius 3 is 2.42 bits per heavy atom. The molecule has 0 unspecified atom stereocenters. The van der Waals surface area contributed by atoms with Gasteiger partial charge in [-0.05, 0) is 37.6 Å². The highest BCUT2D eigenvalue weighted by atomic mass is 16.6. The van der Waals surface area contributed by atoms with Crippen LogP contribution in [-0.4, -0.2) is 22.9 Å². The summed E-state index contributed by atoms with van der Waals surface area (Å²) in [5, 5.41) is 10.8. The van der Waals surface area contributed by atoms with Gasteiger partial charge in [0, 0.05) is 12.6 Å². The molecule has 0 spiro atoms.